The van der Waals surface area contributed by atoms with Crippen molar-refractivity contribution in [2.45, 2.75) is 13.3 Å². The molecule has 3 heteroatoms. The molecular weight excluding hydrogens is 168 g/mol. The third-order valence-electron chi connectivity index (χ3n) is 1.54. The molecule has 0 saturated carbocycles. The zero-order valence-electron chi connectivity index (χ0n) is 7.08. The van der Waals surface area contributed by atoms with E-state index in [2.05, 4.69) is 10.3 Å². The highest BCUT2D eigenvalue weighted by Gasteiger charge is 1.90. The lowest BCUT2D eigenvalue weighted by atomic mass is 10.2. The fraction of sp³-hybridized carbons (Fsp3) is 0.333. The minimum Gasteiger partial charge on any atom is -0.380 e. The van der Waals surface area contributed by atoms with E-state index in [0.29, 0.717) is 0 Å². The zero-order chi connectivity index (χ0) is 8.81. The summed E-state index contributed by atoms with van der Waals surface area (Å²) in [6.07, 6.45) is 4.61. The molecule has 12 heavy (non-hydrogen) atoms. The van der Waals surface area contributed by atoms with Crippen LogP contribution in [0.1, 0.15) is 12.5 Å². The Hall–Kier alpha value is -0.960. The largest absolute Gasteiger partial charge is 0.380 e. The van der Waals surface area contributed by atoms with Crippen LogP contribution in [0.5, 0.6) is 0 Å². The van der Waals surface area contributed by atoms with Gasteiger partial charge in [0.15, 0.2) is 0 Å². The third kappa shape index (κ3) is 3.44. The number of nitrogens with zero attached hydrogens (tertiary/aromatic N) is 1. The number of hydrogen-bond donors (Lipinski definition) is 1. The SMILES string of the molecule is CC(=S)NCCc1ccncc1. The lowest BCUT2D eigenvalue weighted by Crippen LogP contribution is -2.20. The van der Waals surface area contributed by atoms with Gasteiger partial charge in [-0.2, -0.15) is 0 Å². The Kier molecular flexibility index (Phi) is 3.67. The Bertz CT molecular complexity index is 246. The molecule has 2 nitrogen and oxygen atoms in total. The van der Waals surface area contributed by atoms with Gasteiger partial charge >= 0.3 is 0 Å². The van der Waals surface area contributed by atoms with Crippen LogP contribution in [0.4, 0.5) is 0 Å². The average molecular weight is 180 g/mol. The summed E-state index contributed by atoms with van der Waals surface area (Å²) in [7, 11) is 0. The Morgan fingerprint density at radius 1 is 1.50 bits per heavy atom. The van der Waals surface area contributed by atoms with Crippen LogP contribution in [0.15, 0.2) is 24.5 Å². The van der Waals surface area contributed by atoms with Crippen LogP contribution in [-0.2, 0) is 6.42 Å². The fourth-order valence-corrected chi connectivity index (χ4v) is 1.03. The van der Waals surface area contributed by atoms with E-state index in [0.717, 1.165) is 18.0 Å². The zero-order valence-corrected chi connectivity index (χ0v) is 7.90. The normalized spacial score (nSPS) is 9.42. The van der Waals surface area contributed by atoms with Crippen molar-refractivity contribution >= 4 is 17.2 Å². The van der Waals surface area contributed by atoms with Crippen molar-refractivity contribution in [1.82, 2.24) is 10.3 Å². The van der Waals surface area contributed by atoms with Crippen LogP contribution in [0, 0.1) is 0 Å². The molecule has 1 rings (SSSR count). The molecule has 1 heterocycles. The van der Waals surface area contributed by atoms with Crippen molar-refractivity contribution in [1.29, 1.82) is 0 Å². The number of hydrogen-bond acceptors (Lipinski definition) is 2. The molecule has 0 radical (unpaired) electrons. The summed E-state index contributed by atoms with van der Waals surface area (Å²) in [5, 5.41) is 3.11. The fourth-order valence-electron chi connectivity index (χ4n) is 0.932. The van der Waals surface area contributed by atoms with Crippen molar-refractivity contribution < 1.29 is 0 Å². The maximum absolute atomic E-state index is 4.89. The number of thiocarbonyl (C=S) groups is 1. The highest BCUT2D eigenvalue weighted by Crippen LogP contribution is 1.95. The number of aromatic nitrogens is 1. The smallest absolute Gasteiger partial charge is 0.0722 e. The Morgan fingerprint density at radius 2 is 2.17 bits per heavy atom. The lowest BCUT2D eigenvalue weighted by molar-refractivity contribution is 0.870. The Labute approximate surface area is 78.0 Å². The highest BCUT2D eigenvalue weighted by molar-refractivity contribution is 7.80. The van der Waals surface area contributed by atoms with E-state index in [1.807, 2.05) is 19.1 Å². The molecular formula is C9H12N2S. The first kappa shape index (κ1) is 9.13. The van der Waals surface area contributed by atoms with Crippen molar-refractivity contribution in [2.24, 2.45) is 0 Å². The van der Waals surface area contributed by atoms with E-state index in [-0.39, 0.29) is 0 Å². The molecule has 0 unspecified atom stereocenters. The Balaban J connectivity index is 2.29. The number of rotatable bonds is 3. The summed E-state index contributed by atoms with van der Waals surface area (Å²) in [5.74, 6) is 0. The minimum atomic E-state index is 0.851. The second-order valence-corrected chi connectivity index (χ2v) is 3.20. The molecule has 0 aliphatic carbocycles. The summed E-state index contributed by atoms with van der Waals surface area (Å²) in [5.41, 5.74) is 1.29. The molecule has 1 N–H and O–H groups in total. The maximum atomic E-state index is 4.89. The molecule has 64 valence electrons. The van der Waals surface area contributed by atoms with Crippen molar-refractivity contribution in [2.75, 3.05) is 6.54 Å². The minimum absolute atomic E-state index is 0.851. The molecule has 0 bridgehead atoms. The molecule has 0 amide bonds. The molecule has 1 aromatic rings. The molecule has 1 aromatic heterocycles. The van der Waals surface area contributed by atoms with Gasteiger partial charge in [-0.15, -0.1) is 0 Å². The van der Waals surface area contributed by atoms with Crippen LogP contribution in [-0.4, -0.2) is 16.5 Å². The molecule has 0 atom stereocenters. The van der Waals surface area contributed by atoms with Gasteiger partial charge in [0.1, 0.15) is 0 Å². The van der Waals surface area contributed by atoms with Gasteiger partial charge in [0.05, 0.1) is 4.99 Å². The van der Waals surface area contributed by atoms with E-state index in [1.165, 1.54) is 5.56 Å². The number of pyridine rings is 1. The van der Waals surface area contributed by atoms with Gasteiger partial charge in [-0.05, 0) is 31.0 Å². The van der Waals surface area contributed by atoms with E-state index in [4.69, 9.17) is 12.2 Å². The molecule has 0 aliphatic heterocycles. The van der Waals surface area contributed by atoms with Crippen LogP contribution < -0.4 is 5.32 Å². The monoisotopic (exact) mass is 180 g/mol. The summed E-state index contributed by atoms with van der Waals surface area (Å²) >= 11 is 4.89. The molecule has 0 saturated heterocycles. The predicted octanol–water partition coefficient (Wildman–Crippen LogP) is 1.56. The van der Waals surface area contributed by atoms with Crippen LogP contribution in [0.25, 0.3) is 0 Å². The van der Waals surface area contributed by atoms with Crippen LogP contribution >= 0.6 is 12.2 Å². The van der Waals surface area contributed by atoms with Gasteiger partial charge in [-0.25, -0.2) is 0 Å². The van der Waals surface area contributed by atoms with Crippen LogP contribution in [0.2, 0.25) is 0 Å². The molecule has 0 aromatic carbocycles. The van der Waals surface area contributed by atoms with E-state index >= 15 is 0 Å². The van der Waals surface area contributed by atoms with Gasteiger partial charge in [0.25, 0.3) is 0 Å². The number of nitrogens with one attached hydrogen (secondary N) is 1. The van der Waals surface area contributed by atoms with E-state index in [9.17, 15) is 0 Å². The van der Waals surface area contributed by atoms with Gasteiger partial charge < -0.3 is 5.32 Å². The lowest BCUT2D eigenvalue weighted by Gasteiger charge is -2.02. The summed E-state index contributed by atoms with van der Waals surface area (Å²) in [4.78, 5) is 4.79. The second kappa shape index (κ2) is 4.83. The van der Waals surface area contributed by atoms with Gasteiger partial charge in [0, 0.05) is 18.9 Å². The summed E-state index contributed by atoms with van der Waals surface area (Å²) < 4.78 is 0. The second-order valence-electron chi connectivity index (χ2n) is 2.59. The van der Waals surface area contributed by atoms with Gasteiger partial charge in [-0.3, -0.25) is 4.98 Å². The first-order valence-electron chi connectivity index (χ1n) is 3.92. The summed E-state index contributed by atoms with van der Waals surface area (Å²) in [6.45, 7) is 2.79. The molecule has 0 spiro atoms. The average Bonchev–Trinajstić information content (AvgIpc) is 2.05. The topological polar surface area (TPSA) is 24.9 Å². The van der Waals surface area contributed by atoms with Crippen molar-refractivity contribution in [3.8, 4) is 0 Å². The molecule has 0 aliphatic rings. The van der Waals surface area contributed by atoms with Crippen molar-refractivity contribution in [3.05, 3.63) is 30.1 Å². The van der Waals surface area contributed by atoms with E-state index in [1.54, 1.807) is 12.4 Å². The highest BCUT2D eigenvalue weighted by atomic mass is 32.1. The van der Waals surface area contributed by atoms with E-state index < -0.39 is 0 Å². The predicted molar refractivity (Wildman–Crippen MR) is 54.2 cm³/mol. The van der Waals surface area contributed by atoms with Crippen molar-refractivity contribution in [3.63, 3.8) is 0 Å². The maximum Gasteiger partial charge on any atom is 0.0722 e. The van der Waals surface area contributed by atoms with Gasteiger partial charge in [0.2, 0.25) is 0 Å². The molecule has 0 fully saturated rings. The van der Waals surface area contributed by atoms with Gasteiger partial charge in [-0.1, -0.05) is 12.2 Å². The first-order valence-corrected chi connectivity index (χ1v) is 4.33. The standard InChI is InChI=1S/C9H12N2S/c1-8(12)11-7-4-9-2-5-10-6-3-9/h2-3,5-6H,4,7H2,1H3,(H,11,12). The van der Waals surface area contributed by atoms with Crippen LogP contribution in [0.3, 0.4) is 0 Å². The first-order chi connectivity index (χ1) is 5.79. The third-order valence-corrected chi connectivity index (χ3v) is 1.68. The Morgan fingerprint density at radius 3 is 2.75 bits per heavy atom. The summed E-state index contributed by atoms with van der Waals surface area (Å²) in [6, 6.07) is 4.03. The quantitative estimate of drug-likeness (QED) is 0.715.